The summed E-state index contributed by atoms with van der Waals surface area (Å²) >= 11 is 5.77. The van der Waals surface area contributed by atoms with Crippen molar-refractivity contribution in [3.63, 3.8) is 0 Å². The Balaban J connectivity index is 2.21. The van der Waals surface area contributed by atoms with Gasteiger partial charge in [-0.05, 0) is 17.7 Å². The number of hydrogen-bond donors (Lipinski definition) is 0. The highest BCUT2D eigenvalue weighted by Crippen LogP contribution is 2.35. The molecule has 0 aliphatic carbocycles. The van der Waals surface area contributed by atoms with Crippen LogP contribution in [0.2, 0.25) is 5.28 Å². The van der Waals surface area contributed by atoms with E-state index in [1.807, 2.05) is 0 Å². The maximum Gasteiger partial charge on any atom is 0.351 e. The van der Waals surface area contributed by atoms with Crippen LogP contribution >= 0.6 is 11.6 Å². The van der Waals surface area contributed by atoms with Crippen molar-refractivity contribution in [2.45, 2.75) is 0 Å². The molecule has 0 unspecified atom stereocenters. The van der Waals surface area contributed by atoms with Gasteiger partial charge in [0.15, 0.2) is 12.4 Å². The lowest BCUT2D eigenvalue weighted by Gasteiger charge is -2.28. The molecular weight excluding hydrogens is 327 g/mol. The minimum absolute atomic E-state index is 0.00185. The van der Waals surface area contributed by atoms with Crippen molar-refractivity contribution < 1.29 is 13.9 Å². The summed E-state index contributed by atoms with van der Waals surface area (Å²) < 4.78 is 21.4. The van der Waals surface area contributed by atoms with Gasteiger partial charge in [0, 0.05) is 13.1 Å². The Morgan fingerprint density at radius 3 is 2.78 bits per heavy atom. The lowest BCUT2D eigenvalue weighted by molar-refractivity contribution is -0.121. The number of anilines is 1. The van der Waals surface area contributed by atoms with E-state index in [-0.39, 0.29) is 41.5 Å². The molecule has 0 atom stereocenters. The Bertz CT molecular complexity index is 912. The highest BCUT2D eigenvalue weighted by atomic mass is 35.5. The fourth-order valence-corrected chi connectivity index (χ4v) is 2.36. The van der Waals surface area contributed by atoms with Gasteiger partial charge in [0.1, 0.15) is 11.4 Å². The quantitative estimate of drug-likeness (QED) is 0.758. The largest absolute Gasteiger partial charge is 0.481 e. The van der Waals surface area contributed by atoms with Crippen LogP contribution in [0.4, 0.5) is 10.1 Å². The van der Waals surface area contributed by atoms with Crippen LogP contribution in [0.15, 0.2) is 16.9 Å². The fourth-order valence-electron chi connectivity index (χ4n) is 2.21. The number of benzene rings is 1. The number of carbonyl (C=O) groups excluding carboxylic acids is 1. The first-order valence-corrected chi connectivity index (χ1v) is 6.84. The molecule has 2 aromatic rings. The zero-order chi connectivity index (χ0) is 16.7. The Morgan fingerprint density at radius 2 is 2.17 bits per heavy atom. The Morgan fingerprint density at radius 1 is 1.43 bits per heavy atom. The molecule has 9 heteroatoms. The molecule has 1 aromatic heterocycles. The minimum atomic E-state index is -0.740. The summed E-state index contributed by atoms with van der Waals surface area (Å²) in [6.45, 7) is -0.235. The van der Waals surface area contributed by atoms with Crippen molar-refractivity contribution in [1.82, 2.24) is 14.3 Å². The van der Waals surface area contributed by atoms with Gasteiger partial charge in [-0.2, -0.15) is 4.68 Å². The Labute approximate surface area is 134 Å². The van der Waals surface area contributed by atoms with Crippen molar-refractivity contribution in [2.24, 2.45) is 7.05 Å². The van der Waals surface area contributed by atoms with Crippen molar-refractivity contribution in [1.29, 1.82) is 0 Å². The maximum absolute atomic E-state index is 14.3. The first-order chi connectivity index (χ1) is 10.9. The van der Waals surface area contributed by atoms with E-state index in [9.17, 15) is 14.0 Å². The lowest BCUT2D eigenvalue weighted by atomic mass is 10.2. The maximum atomic E-state index is 14.3. The molecule has 0 saturated heterocycles. The molecule has 1 amide bonds. The van der Waals surface area contributed by atoms with Crippen LogP contribution in [-0.4, -0.2) is 33.4 Å². The highest BCUT2D eigenvalue weighted by Gasteiger charge is 2.28. The summed E-state index contributed by atoms with van der Waals surface area (Å²) in [5.74, 6) is 1.41. The van der Waals surface area contributed by atoms with Gasteiger partial charge >= 0.3 is 5.69 Å². The summed E-state index contributed by atoms with van der Waals surface area (Å²) in [6.07, 6.45) is 5.26. The van der Waals surface area contributed by atoms with E-state index >= 15 is 0 Å². The molecule has 7 nitrogen and oxygen atoms in total. The number of hydrogen-bond acceptors (Lipinski definition) is 4. The van der Waals surface area contributed by atoms with Gasteiger partial charge in [0.2, 0.25) is 5.28 Å². The van der Waals surface area contributed by atoms with Gasteiger partial charge in [-0.3, -0.25) is 14.3 Å². The van der Waals surface area contributed by atoms with Crippen LogP contribution in [0.3, 0.4) is 0 Å². The summed E-state index contributed by atoms with van der Waals surface area (Å²) in [6, 6.07) is 2.36. The molecule has 0 fully saturated rings. The smallest absolute Gasteiger partial charge is 0.351 e. The third-order valence-corrected chi connectivity index (χ3v) is 3.71. The molecular formula is C14H10ClFN4O3. The van der Waals surface area contributed by atoms with E-state index in [4.69, 9.17) is 22.8 Å². The number of aromatic nitrogens is 3. The number of rotatable bonds is 2. The molecule has 0 radical (unpaired) electrons. The van der Waals surface area contributed by atoms with Gasteiger partial charge in [-0.15, -0.1) is 11.5 Å². The van der Waals surface area contributed by atoms with Crippen LogP contribution in [0.1, 0.15) is 0 Å². The van der Waals surface area contributed by atoms with Gasteiger partial charge in [-0.25, -0.2) is 9.18 Å². The standard InChI is InChI=1S/C14H10ClFN4O3/c1-3-4-19-10-6-9(20-14(22)18(2)13(15)17-20)8(16)5-11(10)23-7-12(19)21/h1,5-6H,4,7H2,2H3. The first kappa shape index (κ1) is 15.1. The minimum Gasteiger partial charge on any atom is -0.481 e. The Hall–Kier alpha value is -2.79. The molecule has 1 aliphatic heterocycles. The molecule has 0 bridgehead atoms. The van der Waals surface area contributed by atoms with Crippen LogP contribution in [-0.2, 0) is 11.8 Å². The molecule has 0 N–H and O–H groups in total. The lowest BCUT2D eigenvalue weighted by Crippen LogP contribution is -2.39. The molecule has 3 rings (SSSR count). The van der Waals surface area contributed by atoms with E-state index in [1.54, 1.807) is 0 Å². The van der Waals surface area contributed by atoms with Crippen LogP contribution in [0.5, 0.6) is 5.75 Å². The molecule has 1 aliphatic rings. The number of halogens is 2. The summed E-state index contributed by atoms with van der Waals surface area (Å²) in [5, 5.41) is 3.69. The number of terminal acetylenes is 1. The van der Waals surface area contributed by atoms with Crippen LogP contribution < -0.4 is 15.3 Å². The van der Waals surface area contributed by atoms with Crippen molar-refractivity contribution in [3.05, 3.63) is 33.7 Å². The predicted octanol–water partition coefficient (Wildman–Crippen LogP) is 0.722. The Kier molecular flexibility index (Phi) is 3.58. The average Bonchev–Trinajstić information content (AvgIpc) is 2.77. The predicted molar refractivity (Wildman–Crippen MR) is 80.5 cm³/mol. The molecule has 118 valence electrons. The molecule has 1 aromatic carbocycles. The third kappa shape index (κ3) is 2.35. The number of nitrogens with zero attached hydrogens (tertiary/aromatic N) is 4. The first-order valence-electron chi connectivity index (χ1n) is 6.46. The summed E-state index contributed by atoms with van der Waals surface area (Å²) in [4.78, 5) is 25.2. The monoisotopic (exact) mass is 336 g/mol. The van der Waals surface area contributed by atoms with E-state index < -0.39 is 11.5 Å². The van der Waals surface area contributed by atoms with E-state index in [1.165, 1.54) is 18.0 Å². The number of fused-ring (bicyclic) bond motifs is 1. The second kappa shape index (κ2) is 5.44. The molecule has 23 heavy (non-hydrogen) atoms. The van der Waals surface area contributed by atoms with Crippen molar-refractivity contribution in [2.75, 3.05) is 18.1 Å². The average molecular weight is 337 g/mol. The fraction of sp³-hybridized carbons (Fsp3) is 0.214. The summed E-state index contributed by atoms with van der Waals surface area (Å²) in [7, 11) is 1.40. The van der Waals surface area contributed by atoms with Crippen molar-refractivity contribution in [3.8, 4) is 23.8 Å². The number of amides is 1. The zero-order valence-corrected chi connectivity index (χ0v) is 12.7. The highest BCUT2D eigenvalue weighted by molar-refractivity contribution is 6.28. The molecule has 0 saturated carbocycles. The second-order valence-electron chi connectivity index (χ2n) is 4.77. The zero-order valence-electron chi connectivity index (χ0n) is 11.9. The summed E-state index contributed by atoms with van der Waals surface area (Å²) in [5.41, 5.74) is -0.513. The van der Waals surface area contributed by atoms with Gasteiger partial charge < -0.3 is 4.74 Å². The normalized spacial score (nSPS) is 13.5. The SMILES string of the molecule is C#CCN1C(=O)COc2cc(F)c(-n3nc(Cl)n(C)c3=O)cc21. The van der Waals surface area contributed by atoms with Crippen LogP contribution in [0.25, 0.3) is 5.69 Å². The van der Waals surface area contributed by atoms with Crippen molar-refractivity contribution >= 4 is 23.2 Å². The molecule has 0 spiro atoms. The second-order valence-corrected chi connectivity index (χ2v) is 5.10. The molecule has 2 heterocycles. The number of carbonyl (C=O) groups is 1. The van der Waals surface area contributed by atoms with Crippen LogP contribution in [0, 0.1) is 18.2 Å². The number of ether oxygens (including phenoxy) is 1. The topological polar surface area (TPSA) is 69.4 Å². The van der Waals surface area contributed by atoms with Gasteiger partial charge in [0.25, 0.3) is 5.91 Å². The van der Waals surface area contributed by atoms with E-state index in [2.05, 4.69) is 11.0 Å². The van der Waals surface area contributed by atoms with E-state index in [0.29, 0.717) is 0 Å². The van der Waals surface area contributed by atoms with Gasteiger partial charge in [0.05, 0.1) is 12.2 Å². The van der Waals surface area contributed by atoms with Gasteiger partial charge in [-0.1, -0.05) is 5.92 Å². The van der Waals surface area contributed by atoms with E-state index in [0.717, 1.165) is 15.3 Å². The third-order valence-electron chi connectivity index (χ3n) is 3.38.